The first-order valence-corrected chi connectivity index (χ1v) is 8.85. The Bertz CT molecular complexity index is 822. The van der Waals surface area contributed by atoms with Gasteiger partial charge in [-0.05, 0) is 30.2 Å². The van der Waals surface area contributed by atoms with E-state index in [1.807, 2.05) is 0 Å². The fraction of sp³-hybridized carbons (Fsp3) is 0.222. The average molecular weight is 347 g/mol. The smallest absolute Gasteiger partial charge is 0.267 e. The molecule has 0 aliphatic carbocycles. The number of rotatable bonds is 8. The van der Waals surface area contributed by atoms with Gasteiger partial charge >= 0.3 is 0 Å². The van der Waals surface area contributed by atoms with Crippen molar-refractivity contribution >= 4 is 15.6 Å². The monoisotopic (exact) mass is 347 g/mol. The standard InChI is InChI=1S/C18H21NO4S/c1-4-8-17(20)18-16(14(2)13-23-3)11-12-19(18)24(21,22)15-9-6-5-7-10-15/h4-7,9-12,17,20H,1-2,8,13H2,3H3. The summed E-state index contributed by atoms with van der Waals surface area (Å²) in [6, 6.07) is 9.71. The zero-order chi connectivity index (χ0) is 17.7. The Morgan fingerprint density at radius 1 is 1.33 bits per heavy atom. The molecule has 1 aromatic heterocycles. The molecule has 0 aliphatic rings. The molecule has 6 heteroatoms. The summed E-state index contributed by atoms with van der Waals surface area (Å²) in [7, 11) is -2.29. The van der Waals surface area contributed by atoms with Crippen molar-refractivity contribution in [1.82, 2.24) is 3.97 Å². The van der Waals surface area contributed by atoms with Gasteiger partial charge in [0, 0.05) is 18.9 Å². The predicted molar refractivity (Wildman–Crippen MR) is 94.1 cm³/mol. The van der Waals surface area contributed by atoms with E-state index in [1.165, 1.54) is 25.4 Å². The topological polar surface area (TPSA) is 68.5 Å². The number of aliphatic hydroxyl groups excluding tert-OH is 1. The Kier molecular flexibility index (Phi) is 5.77. The van der Waals surface area contributed by atoms with E-state index in [4.69, 9.17) is 4.74 Å². The van der Waals surface area contributed by atoms with Crippen molar-refractivity contribution < 1.29 is 18.3 Å². The third kappa shape index (κ3) is 3.51. The first-order valence-electron chi connectivity index (χ1n) is 7.41. The van der Waals surface area contributed by atoms with Gasteiger partial charge in [-0.2, -0.15) is 0 Å². The number of aromatic nitrogens is 1. The van der Waals surface area contributed by atoms with Gasteiger partial charge < -0.3 is 9.84 Å². The van der Waals surface area contributed by atoms with Crippen molar-refractivity contribution in [3.05, 3.63) is 73.1 Å². The maximum Gasteiger partial charge on any atom is 0.267 e. The molecule has 0 amide bonds. The molecule has 24 heavy (non-hydrogen) atoms. The molecular weight excluding hydrogens is 326 g/mol. The molecule has 128 valence electrons. The second-order valence-corrected chi connectivity index (χ2v) is 7.12. The van der Waals surface area contributed by atoms with Crippen molar-refractivity contribution in [2.75, 3.05) is 13.7 Å². The molecule has 5 nitrogen and oxygen atoms in total. The molecule has 0 spiro atoms. The van der Waals surface area contributed by atoms with Crippen molar-refractivity contribution in [2.24, 2.45) is 0 Å². The van der Waals surface area contributed by atoms with Crippen LogP contribution in [-0.4, -0.2) is 31.2 Å². The van der Waals surface area contributed by atoms with Crippen LogP contribution in [0.3, 0.4) is 0 Å². The minimum absolute atomic E-state index is 0.150. The number of methoxy groups -OCH3 is 1. The Hall–Kier alpha value is -2.15. The highest BCUT2D eigenvalue weighted by Gasteiger charge is 2.26. The van der Waals surface area contributed by atoms with Crippen molar-refractivity contribution in [3.63, 3.8) is 0 Å². The summed E-state index contributed by atoms with van der Waals surface area (Å²) in [6.45, 7) is 7.76. The summed E-state index contributed by atoms with van der Waals surface area (Å²) in [4.78, 5) is 0.150. The van der Waals surface area contributed by atoms with Crippen LogP contribution in [0.25, 0.3) is 5.57 Å². The molecule has 1 heterocycles. The number of hydrogen-bond acceptors (Lipinski definition) is 4. The van der Waals surface area contributed by atoms with Crippen LogP contribution in [0.1, 0.15) is 23.8 Å². The molecule has 1 N–H and O–H groups in total. The molecular formula is C18H21NO4S. The maximum atomic E-state index is 12.9. The van der Waals surface area contributed by atoms with Gasteiger partial charge in [0.15, 0.2) is 0 Å². The minimum atomic E-state index is -3.82. The second kappa shape index (κ2) is 7.61. The number of hydrogen-bond donors (Lipinski definition) is 1. The van der Waals surface area contributed by atoms with Gasteiger partial charge in [0.1, 0.15) is 0 Å². The lowest BCUT2D eigenvalue weighted by atomic mass is 10.0. The van der Waals surface area contributed by atoms with Crippen LogP contribution in [0.5, 0.6) is 0 Å². The quantitative estimate of drug-likeness (QED) is 0.746. The SMILES string of the molecule is C=CCC(O)c1c(C(=C)COC)ccn1S(=O)(=O)c1ccccc1. The van der Waals surface area contributed by atoms with E-state index in [2.05, 4.69) is 13.2 Å². The van der Waals surface area contributed by atoms with Crippen LogP contribution in [0.2, 0.25) is 0 Å². The van der Waals surface area contributed by atoms with Gasteiger partial charge in [-0.3, -0.25) is 0 Å². The van der Waals surface area contributed by atoms with E-state index in [1.54, 1.807) is 30.3 Å². The highest BCUT2D eigenvalue weighted by Crippen LogP contribution is 2.30. The summed E-state index contributed by atoms with van der Waals surface area (Å²) in [5, 5.41) is 10.5. The molecule has 0 saturated carbocycles. The molecule has 0 saturated heterocycles. The van der Waals surface area contributed by atoms with Crippen LogP contribution < -0.4 is 0 Å². The van der Waals surface area contributed by atoms with Gasteiger partial charge in [0.05, 0.1) is 23.3 Å². The van der Waals surface area contributed by atoms with Crippen LogP contribution in [0.15, 0.2) is 66.7 Å². The highest BCUT2D eigenvalue weighted by molar-refractivity contribution is 7.90. The molecule has 1 atom stereocenters. The number of nitrogens with zero attached hydrogens (tertiary/aromatic N) is 1. The highest BCUT2D eigenvalue weighted by atomic mass is 32.2. The van der Waals surface area contributed by atoms with E-state index in [-0.39, 0.29) is 23.6 Å². The third-order valence-corrected chi connectivity index (χ3v) is 5.30. The molecule has 1 unspecified atom stereocenters. The molecule has 0 radical (unpaired) electrons. The van der Waals surface area contributed by atoms with Crippen molar-refractivity contribution in [1.29, 1.82) is 0 Å². The van der Waals surface area contributed by atoms with Crippen molar-refractivity contribution in [2.45, 2.75) is 17.4 Å². The van der Waals surface area contributed by atoms with Gasteiger partial charge in [-0.1, -0.05) is 30.9 Å². The summed E-state index contributed by atoms with van der Waals surface area (Å²) >= 11 is 0. The maximum absolute atomic E-state index is 12.9. The minimum Gasteiger partial charge on any atom is -0.386 e. The fourth-order valence-corrected chi connectivity index (χ4v) is 3.92. The zero-order valence-corrected chi connectivity index (χ0v) is 14.4. The normalized spacial score (nSPS) is 12.8. The second-order valence-electron chi connectivity index (χ2n) is 5.31. The van der Waals surface area contributed by atoms with E-state index < -0.39 is 16.1 Å². The largest absolute Gasteiger partial charge is 0.386 e. The number of benzene rings is 1. The molecule has 0 aliphatic heterocycles. The summed E-state index contributed by atoms with van der Waals surface area (Å²) in [5.74, 6) is 0. The van der Waals surface area contributed by atoms with Gasteiger partial charge in [-0.15, -0.1) is 6.58 Å². The number of aliphatic hydroxyl groups is 1. The zero-order valence-electron chi connectivity index (χ0n) is 13.6. The van der Waals surface area contributed by atoms with Crippen LogP contribution >= 0.6 is 0 Å². The van der Waals surface area contributed by atoms with E-state index in [9.17, 15) is 13.5 Å². The summed E-state index contributed by atoms with van der Waals surface area (Å²) in [5.41, 5.74) is 1.42. The lowest BCUT2D eigenvalue weighted by molar-refractivity contribution is 0.175. The van der Waals surface area contributed by atoms with Gasteiger partial charge in [-0.25, -0.2) is 12.4 Å². The Morgan fingerprint density at radius 2 is 2.00 bits per heavy atom. The van der Waals surface area contributed by atoms with Crippen molar-refractivity contribution in [3.8, 4) is 0 Å². The Labute approximate surface area is 142 Å². The molecule has 0 bridgehead atoms. The summed E-state index contributed by atoms with van der Waals surface area (Å²) < 4.78 is 32.0. The van der Waals surface area contributed by atoms with E-state index >= 15 is 0 Å². The predicted octanol–water partition coefficient (Wildman–Crippen LogP) is 2.99. The van der Waals surface area contributed by atoms with Crippen LogP contribution in [-0.2, 0) is 14.8 Å². The molecule has 0 fully saturated rings. The Morgan fingerprint density at radius 3 is 2.58 bits per heavy atom. The van der Waals surface area contributed by atoms with Crippen LogP contribution in [0, 0.1) is 0 Å². The van der Waals surface area contributed by atoms with E-state index in [0.29, 0.717) is 11.1 Å². The lowest BCUT2D eigenvalue weighted by Gasteiger charge is -2.17. The molecule has 1 aromatic carbocycles. The first kappa shape index (κ1) is 18.2. The third-order valence-electron chi connectivity index (χ3n) is 3.60. The number of ether oxygens (including phenoxy) is 1. The fourth-order valence-electron chi connectivity index (χ4n) is 2.49. The van der Waals surface area contributed by atoms with Crippen LogP contribution in [0.4, 0.5) is 0 Å². The molecule has 2 aromatic rings. The summed E-state index contributed by atoms with van der Waals surface area (Å²) in [6.07, 6.45) is 2.18. The lowest BCUT2D eigenvalue weighted by Crippen LogP contribution is -2.18. The van der Waals surface area contributed by atoms with E-state index in [0.717, 1.165) is 3.97 Å². The Balaban J connectivity index is 2.62. The van der Waals surface area contributed by atoms with Gasteiger partial charge in [0.25, 0.3) is 10.0 Å². The first-order chi connectivity index (χ1) is 11.4. The van der Waals surface area contributed by atoms with Gasteiger partial charge in [0.2, 0.25) is 0 Å². The average Bonchev–Trinajstić information content (AvgIpc) is 3.02. The molecule has 2 rings (SSSR count).